The number of hydrogen-bond donors (Lipinski definition) is 5. The molecule has 186 valence electrons. The molecule has 3 aromatic rings. The summed E-state index contributed by atoms with van der Waals surface area (Å²) in [7, 11) is 0. The van der Waals surface area contributed by atoms with Crippen LogP contribution in [0.4, 0.5) is 0 Å². The maximum Gasteiger partial charge on any atom is 0.341 e. The van der Waals surface area contributed by atoms with Gasteiger partial charge >= 0.3 is 5.97 Å². The zero-order chi connectivity index (χ0) is 25.4. The van der Waals surface area contributed by atoms with E-state index in [9.17, 15) is 14.7 Å². The third kappa shape index (κ3) is 7.08. The summed E-state index contributed by atoms with van der Waals surface area (Å²) in [6.45, 7) is 3.93. The molecule has 0 aliphatic heterocycles. The second-order valence-corrected chi connectivity index (χ2v) is 8.80. The Balaban J connectivity index is 1.58. The van der Waals surface area contributed by atoms with E-state index >= 15 is 0 Å². The molecule has 0 fully saturated rings. The minimum absolute atomic E-state index is 0.0110. The number of ether oxygens (including phenoxy) is 2. The third-order valence-electron chi connectivity index (χ3n) is 5.39. The first kappa shape index (κ1) is 25.8. The summed E-state index contributed by atoms with van der Waals surface area (Å²) in [5.74, 6) is -0.444. The number of fused-ring (bicyclic) bond motifs is 1. The van der Waals surface area contributed by atoms with Crippen LogP contribution in [0, 0.1) is 0 Å². The van der Waals surface area contributed by atoms with Crippen LogP contribution in [0.5, 0.6) is 11.5 Å². The third-order valence-corrected chi connectivity index (χ3v) is 5.39. The summed E-state index contributed by atoms with van der Waals surface area (Å²) in [6.07, 6.45) is 4.16. The van der Waals surface area contributed by atoms with Crippen molar-refractivity contribution in [1.82, 2.24) is 10.3 Å². The number of benzene rings is 2. The Kier molecular flexibility index (Phi) is 8.51. The lowest BCUT2D eigenvalue weighted by molar-refractivity contribution is -0.139. The van der Waals surface area contributed by atoms with Crippen LogP contribution in [0.25, 0.3) is 10.9 Å². The largest absolute Gasteiger partial charge is 0.490 e. The number of aliphatic hydroxyl groups is 1. The van der Waals surface area contributed by atoms with Gasteiger partial charge in [0.25, 0.3) is 0 Å². The number of aromatic amines is 1. The molecule has 0 spiro atoms. The number of rotatable bonds is 13. The van der Waals surface area contributed by atoms with Crippen LogP contribution in [0.3, 0.4) is 0 Å². The summed E-state index contributed by atoms with van der Waals surface area (Å²) in [5.41, 5.74) is 7.09. The molecule has 1 atom stereocenters. The standard InChI is InChI=1S/C26H31N3O6/c1-26(2,12-17-13-28-25-19(17)7-5-9-23(25)35-16-24(32)33)29-14-18(30)15-34-22-8-4-3-6-20(22)21(31)10-11-27/h3-11,13,18,28-30H,12,14-16,27H2,1-2H3,(H,32,33)/t18-/m0/s1. The Morgan fingerprint density at radius 3 is 2.63 bits per heavy atom. The van der Waals surface area contributed by atoms with Crippen molar-refractivity contribution in [3.63, 3.8) is 0 Å². The summed E-state index contributed by atoms with van der Waals surface area (Å²) < 4.78 is 11.1. The van der Waals surface area contributed by atoms with Crippen molar-refractivity contribution in [2.24, 2.45) is 5.73 Å². The number of nitrogens with one attached hydrogen (secondary N) is 2. The summed E-state index contributed by atoms with van der Waals surface area (Å²) >= 11 is 0. The van der Waals surface area contributed by atoms with Gasteiger partial charge in [0.05, 0.1) is 11.1 Å². The first-order valence-corrected chi connectivity index (χ1v) is 11.2. The average Bonchev–Trinajstić information content (AvgIpc) is 3.23. The fourth-order valence-electron chi connectivity index (χ4n) is 3.74. The van der Waals surface area contributed by atoms with Gasteiger partial charge in [0.1, 0.15) is 24.2 Å². The second-order valence-electron chi connectivity index (χ2n) is 8.80. The fourth-order valence-corrected chi connectivity index (χ4v) is 3.74. The van der Waals surface area contributed by atoms with Gasteiger partial charge in [-0.1, -0.05) is 24.3 Å². The lowest BCUT2D eigenvalue weighted by Gasteiger charge is -2.28. The Morgan fingerprint density at radius 2 is 1.89 bits per heavy atom. The number of carboxylic acids is 1. The van der Waals surface area contributed by atoms with Crippen molar-refractivity contribution in [2.75, 3.05) is 19.8 Å². The van der Waals surface area contributed by atoms with Crippen molar-refractivity contribution in [3.05, 3.63) is 72.1 Å². The summed E-state index contributed by atoms with van der Waals surface area (Å²) in [6, 6.07) is 12.3. The Labute approximate surface area is 203 Å². The highest BCUT2D eigenvalue weighted by molar-refractivity contribution is 6.06. The van der Waals surface area contributed by atoms with Crippen molar-refractivity contribution in [1.29, 1.82) is 0 Å². The van der Waals surface area contributed by atoms with Crippen molar-refractivity contribution >= 4 is 22.7 Å². The number of aliphatic carboxylic acids is 1. The van der Waals surface area contributed by atoms with Gasteiger partial charge < -0.3 is 35.7 Å². The van der Waals surface area contributed by atoms with E-state index in [1.807, 2.05) is 32.2 Å². The second kappa shape index (κ2) is 11.5. The average molecular weight is 482 g/mol. The topological polar surface area (TPSA) is 147 Å². The van der Waals surface area contributed by atoms with Gasteiger partial charge in [-0.05, 0) is 50.2 Å². The number of para-hydroxylation sites is 2. The van der Waals surface area contributed by atoms with Crippen molar-refractivity contribution in [3.8, 4) is 11.5 Å². The van der Waals surface area contributed by atoms with Crippen LogP contribution < -0.4 is 20.5 Å². The number of carbonyl (C=O) groups is 2. The molecule has 35 heavy (non-hydrogen) atoms. The molecule has 9 nitrogen and oxygen atoms in total. The molecule has 0 aliphatic rings. The number of aromatic nitrogens is 1. The SMILES string of the molecule is CC(C)(Cc1c[nH]c2c(OCC(=O)O)cccc12)NC[C@H](O)COc1ccccc1C(=O)C=CN. The monoisotopic (exact) mass is 481 g/mol. The van der Waals surface area contributed by atoms with E-state index in [0.29, 0.717) is 23.5 Å². The number of H-pyrrole nitrogens is 1. The van der Waals surface area contributed by atoms with Gasteiger partial charge in [-0.2, -0.15) is 0 Å². The highest BCUT2D eigenvalue weighted by Crippen LogP contribution is 2.29. The normalized spacial score (nSPS) is 12.7. The lowest BCUT2D eigenvalue weighted by atomic mass is 9.94. The minimum Gasteiger partial charge on any atom is -0.490 e. The maximum absolute atomic E-state index is 12.1. The highest BCUT2D eigenvalue weighted by atomic mass is 16.5. The molecule has 9 heteroatoms. The van der Waals surface area contributed by atoms with Crippen LogP contribution in [-0.2, 0) is 11.2 Å². The number of hydrogen-bond acceptors (Lipinski definition) is 7. The fraction of sp³-hybridized carbons (Fsp3) is 0.308. The van der Waals surface area contributed by atoms with Crippen LogP contribution in [-0.4, -0.2) is 58.4 Å². The molecule has 0 saturated heterocycles. The molecule has 0 bridgehead atoms. The summed E-state index contributed by atoms with van der Waals surface area (Å²) in [4.78, 5) is 26.1. The number of carbonyl (C=O) groups excluding carboxylic acids is 1. The van der Waals surface area contributed by atoms with Gasteiger partial charge in [-0.3, -0.25) is 4.79 Å². The smallest absolute Gasteiger partial charge is 0.341 e. The minimum atomic E-state index is -1.04. The number of ketones is 1. The maximum atomic E-state index is 12.1. The van der Waals surface area contributed by atoms with E-state index in [-0.39, 0.29) is 24.5 Å². The van der Waals surface area contributed by atoms with Crippen LogP contribution in [0.2, 0.25) is 0 Å². The van der Waals surface area contributed by atoms with Gasteiger partial charge in [0, 0.05) is 29.7 Å². The molecule has 0 aliphatic carbocycles. The summed E-state index contributed by atoms with van der Waals surface area (Å²) in [5, 5.41) is 23.7. The molecule has 0 saturated carbocycles. The molecule has 0 unspecified atom stereocenters. The molecular weight excluding hydrogens is 450 g/mol. The molecule has 0 amide bonds. The number of carboxylic acid groups (broad SMARTS) is 1. The van der Waals surface area contributed by atoms with E-state index in [4.69, 9.17) is 20.3 Å². The predicted octanol–water partition coefficient (Wildman–Crippen LogP) is 2.64. The zero-order valence-electron chi connectivity index (χ0n) is 19.8. The number of β-amino-alcohol motifs (C(OH)–C–C–N with tert-alkyl or cyclic N) is 1. The molecule has 0 radical (unpaired) electrons. The molecular formula is C26H31N3O6. The number of allylic oxidation sites excluding steroid dienone is 1. The van der Waals surface area contributed by atoms with E-state index in [1.54, 1.807) is 30.3 Å². The van der Waals surface area contributed by atoms with Crippen LogP contribution in [0.1, 0.15) is 29.8 Å². The Hall–Kier alpha value is -3.82. The highest BCUT2D eigenvalue weighted by Gasteiger charge is 2.22. The molecule has 1 heterocycles. The number of nitrogens with two attached hydrogens (primary N) is 1. The van der Waals surface area contributed by atoms with Gasteiger partial charge in [-0.25, -0.2) is 4.79 Å². The Bertz CT molecular complexity index is 1200. The quantitative estimate of drug-likeness (QED) is 0.185. The van der Waals surface area contributed by atoms with Crippen LogP contribution >= 0.6 is 0 Å². The predicted molar refractivity (Wildman–Crippen MR) is 133 cm³/mol. The van der Waals surface area contributed by atoms with E-state index in [1.165, 1.54) is 12.3 Å². The first-order chi connectivity index (χ1) is 16.7. The molecule has 1 aromatic heterocycles. The van der Waals surface area contributed by atoms with E-state index in [0.717, 1.165) is 16.5 Å². The van der Waals surface area contributed by atoms with Gasteiger partial charge in [0.2, 0.25) is 0 Å². The molecule has 6 N–H and O–H groups in total. The van der Waals surface area contributed by atoms with Crippen molar-refractivity contribution in [2.45, 2.75) is 31.9 Å². The van der Waals surface area contributed by atoms with Crippen molar-refractivity contribution < 1.29 is 29.3 Å². The number of aliphatic hydroxyl groups excluding tert-OH is 1. The molecule has 3 rings (SSSR count). The van der Waals surface area contributed by atoms with Crippen LogP contribution in [0.15, 0.2) is 60.9 Å². The lowest BCUT2D eigenvalue weighted by Crippen LogP contribution is -2.46. The zero-order valence-corrected chi connectivity index (χ0v) is 19.8. The van der Waals surface area contributed by atoms with E-state index in [2.05, 4.69) is 10.3 Å². The molecule has 2 aromatic carbocycles. The first-order valence-electron chi connectivity index (χ1n) is 11.2. The Morgan fingerprint density at radius 1 is 1.14 bits per heavy atom. The van der Waals surface area contributed by atoms with Gasteiger partial charge in [-0.15, -0.1) is 0 Å². The van der Waals surface area contributed by atoms with Gasteiger partial charge in [0.15, 0.2) is 12.4 Å². The van der Waals surface area contributed by atoms with E-state index < -0.39 is 18.7 Å².